The Hall–Kier alpha value is -2.04. The van der Waals surface area contributed by atoms with Crippen LogP contribution in [0.2, 0.25) is 0 Å². The number of benzene rings is 1. The molecule has 2 heterocycles. The largest absolute Gasteiger partial charge is 0.331 e. The fourth-order valence-electron chi connectivity index (χ4n) is 3.10. The van der Waals surface area contributed by atoms with Gasteiger partial charge in [-0.25, -0.2) is 26.7 Å². The second-order valence-electron chi connectivity index (χ2n) is 6.65. The molecule has 6 nitrogen and oxygen atoms in total. The minimum Gasteiger partial charge on any atom is -0.331 e. The van der Waals surface area contributed by atoms with Crippen LogP contribution in [0.25, 0.3) is 0 Å². The summed E-state index contributed by atoms with van der Waals surface area (Å²) in [7, 11) is -3.54. The first-order valence-corrected chi connectivity index (χ1v) is 11.2. The van der Waals surface area contributed by atoms with Gasteiger partial charge < -0.3 is 10.2 Å². The van der Waals surface area contributed by atoms with E-state index in [9.17, 15) is 22.0 Å². The van der Waals surface area contributed by atoms with Gasteiger partial charge in [-0.2, -0.15) is 0 Å². The fourth-order valence-corrected chi connectivity index (χ4v) is 5.42. The molecule has 1 fully saturated rings. The second-order valence-corrected chi connectivity index (χ2v) is 9.54. The molecule has 1 aromatic carbocycles. The fraction of sp³-hybridized carbons (Fsp3) is 0.389. The lowest BCUT2D eigenvalue weighted by Crippen LogP contribution is -2.49. The lowest BCUT2D eigenvalue weighted by Gasteiger charge is -2.33. The monoisotopic (exact) mass is 429 g/mol. The first-order valence-electron chi connectivity index (χ1n) is 8.82. The number of piperidine rings is 1. The zero-order valence-corrected chi connectivity index (χ0v) is 16.8. The summed E-state index contributed by atoms with van der Waals surface area (Å²) >= 11 is 1.15. The SMILES string of the molecule is C[C@@H](NC(=O)N1CCC(NS(=O)(=O)c2cccs2)CC1)c1ccc(F)cc1F. The molecule has 2 amide bonds. The molecule has 0 aliphatic carbocycles. The summed E-state index contributed by atoms with van der Waals surface area (Å²) in [5, 5.41) is 4.40. The summed E-state index contributed by atoms with van der Waals surface area (Å²) in [6.07, 6.45) is 0.967. The van der Waals surface area contributed by atoms with E-state index in [1.807, 2.05) is 0 Å². The van der Waals surface area contributed by atoms with Gasteiger partial charge in [0.25, 0.3) is 0 Å². The topological polar surface area (TPSA) is 78.5 Å². The van der Waals surface area contributed by atoms with E-state index in [0.29, 0.717) is 25.9 Å². The van der Waals surface area contributed by atoms with Crippen LogP contribution in [0.3, 0.4) is 0 Å². The molecule has 2 N–H and O–H groups in total. The maximum Gasteiger partial charge on any atom is 0.317 e. The first kappa shape index (κ1) is 20.7. The van der Waals surface area contributed by atoms with Gasteiger partial charge in [-0.1, -0.05) is 12.1 Å². The average Bonchev–Trinajstić information content (AvgIpc) is 3.17. The molecule has 1 aliphatic rings. The van der Waals surface area contributed by atoms with Crippen molar-refractivity contribution in [2.75, 3.05) is 13.1 Å². The summed E-state index contributed by atoms with van der Waals surface area (Å²) in [5.74, 6) is -1.39. The number of nitrogens with one attached hydrogen (secondary N) is 2. The molecule has 1 aliphatic heterocycles. The van der Waals surface area contributed by atoms with Crippen LogP contribution in [0.15, 0.2) is 39.9 Å². The number of rotatable bonds is 5. The molecule has 0 radical (unpaired) electrons. The molecule has 0 saturated carbocycles. The number of amides is 2. The molecule has 2 aromatic rings. The van der Waals surface area contributed by atoms with Crippen LogP contribution in [0.1, 0.15) is 31.4 Å². The van der Waals surface area contributed by atoms with Crippen molar-refractivity contribution in [3.05, 3.63) is 52.9 Å². The lowest BCUT2D eigenvalue weighted by atomic mass is 10.1. The number of carbonyl (C=O) groups excluding carboxylic acids is 1. The van der Waals surface area contributed by atoms with E-state index in [1.165, 1.54) is 6.07 Å². The molecule has 1 aromatic heterocycles. The number of carbonyl (C=O) groups is 1. The van der Waals surface area contributed by atoms with E-state index in [-0.39, 0.29) is 21.8 Å². The summed E-state index contributed by atoms with van der Waals surface area (Å²) in [4.78, 5) is 14.0. The van der Waals surface area contributed by atoms with E-state index < -0.39 is 27.7 Å². The van der Waals surface area contributed by atoms with E-state index in [1.54, 1.807) is 29.3 Å². The number of likely N-dealkylation sites (tertiary alicyclic amines) is 1. The number of urea groups is 1. The summed E-state index contributed by atoms with van der Waals surface area (Å²) in [6, 6.07) is 5.22. The summed E-state index contributed by atoms with van der Waals surface area (Å²) < 4.78 is 54.4. The van der Waals surface area contributed by atoms with Gasteiger partial charge in [0.1, 0.15) is 15.8 Å². The van der Waals surface area contributed by atoms with Gasteiger partial charge in [0.15, 0.2) is 0 Å². The van der Waals surface area contributed by atoms with E-state index in [0.717, 1.165) is 23.5 Å². The van der Waals surface area contributed by atoms with Crippen LogP contribution in [-0.4, -0.2) is 38.5 Å². The molecule has 3 rings (SSSR count). The predicted octanol–water partition coefficient (Wildman–Crippen LogP) is 3.24. The third-order valence-corrected chi connectivity index (χ3v) is 7.55. The van der Waals surface area contributed by atoms with Crippen LogP contribution in [0.4, 0.5) is 13.6 Å². The maximum absolute atomic E-state index is 13.8. The van der Waals surface area contributed by atoms with E-state index in [4.69, 9.17) is 0 Å². The molecular formula is C18H21F2N3O3S2. The van der Waals surface area contributed by atoms with Gasteiger partial charge >= 0.3 is 6.03 Å². The number of hydrogen-bond acceptors (Lipinski definition) is 4. The number of sulfonamides is 1. The Bertz CT molecular complexity index is 928. The number of halogens is 2. The van der Waals surface area contributed by atoms with Gasteiger partial charge in [0.2, 0.25) is 10.0 Å². The summed E-state index contributed by atoms with van der Waals surface area (Å²) in [6.45, 7) is 2.38. The first-order chi connectivity index (χ1) is 13.3. The predicted molar refractivity (Wildman–Crippen MR) is 103 cm³/mol. The van der Waals surface area contributed by atoms with Crippen LogP contribution in [0, 0.1) is 11.6 Å². The van der Waals surface area contributed by atoms with Gasteiger partial charge in [0, 0.05) is 30.8 Å². The van der Waals surface area contributed by atoms with Gasteiger partial charge in [-0.3, -0.25) is 0 Å². The smallest absolute Gasteiger partial charge is 0.317 e. The Kier molecular flexibility index (Phi) is 6.31. The van der Waals surface area contributed by atoms with Gasteiger partial charge in [0.05, 0.1) is 6.04 Å². The standard InChI is InChI=1S/C18H21F2N3O3S2/c1-12(15-5-4-13(19)11-16(15)20)21-18(24)23-8-6-14(7-9-23)22-28(25,26)17-3-2-10-27-17/h2-5,10-12,14,22H,6-9H2,1H3,(H,21,24)/t12-/m1/s1. The molecule has 0 bridgehead atoms. The second kappa shape index (κ2) is 8.54. The Morgan fingerprint density at radius 1 is 1.25 bits per heavy atom. The normalized spacial score (nSPS) is 16.8. The van der Waals surface area contributed by atoms with Crippen LogP contribution >= 0.6 is 11.3 Å². The van der Waals surface area contributed by atoms with Crippen LogP contribution in [0.5, 0.6) is 0 Å². The Morgan fingerprint density at radius 2 is 1.96 bits per heavy atom. The van der Waals surface area contributed by atoms with Crippen LogP contribution < -0.4 is 10.0 Å². The quantitative estimate of drug-likeness (QED) is 0.766. The molecule has 1 atom stereocenters. The highest BCUT2D eigenvalue weighted by molar-refractivity contribution is 7.91. The number of thiophene rings is 1. The molecule has 0 spiro atoms. The molecule has 10 heteroatoms. The van der Waals surface area contributed by atoms with Crippen molar-refractivity contribution in [1.29, 1.82) is 0 Å². The molecule has 28 heavy (non-hydrogen) atoms. The molecular weight excluding hydrogens is 408 g/mol. The molecule has 0 unspecified atom stereocenters. The summed E-state index contributed by atoms with van der Waals surface area (Å²) in [5.41, 5.74) is 0.202. The minimum atomic E-state index is -3.54. The van der Waals surface area contributed by atoms with Crippen molar-refractivity contribution < 1.29 is 22.0 Å². The van der Waals surface area contributed by atoms with E-state index in [2.05, 4.69) is 10.0 Å². The Labute approximate surface area is 166 Å². The van der Waals surface area contributed by atoms with Crippen LogP contribution in [-0.2, 0) is 10.0 Å². The van der Waals surface area contributed by atoms with Crippen molar-refractivity contribution in [1.82, 2.24) is 14.9 Å². The van der Waals surface area contributed by atoms with Crippen molar-refractivity contribution in [3.8, 4) is 0 Å². The van der Waals surface area contributed by atoms with Crippen molar-refractivity contribution in [3.63, 3.8) is 0 Å². The van der Waals surface area contributed by atoms with Crippen molar-refractivity contribution in [2.24, 2.45) is 0 Å². The molecule has 152 valence electrons. The Balaban J connectivity index is 1.52. The van der Waals surface area contributed by atoms with Gasteiger partial charge in [-0.15, -0.1) is 11.3 Å². The lowest BCUT2D eigenvalue weighted by molar-refractivity contribution is 0.177. The zero-order valence-electron chi connectivity index (χ0n) is 15.2. The van der Waals surface area contributed by atoms with E-state index >= 15 is 0 Å². The van der Waals surface area contributed by atoms with Crippen molar-refractivity contribution >= 4 is 27.4 Å². The zero-order chi connectivity index (χ0) is 20.3. The third kappa shape index (κ3) is 4.86. The van der Waals surface area contributed by atoms with Gasteiger partial charge in [-0.05, 0) is 37.3 Å². The highest BCUT2D eigenvalue weighted by Crippen LogP contribution is 2.20. The number of hydrogen-bond donors (Lipinski definition) is 2. The minimum absolute atomic E-state index is 0.202. The highest BCUT2D eigenvalue weighted by Gasteiger charge is 2.28. The van der Waals surface area contributed by atoms with Crippen molar-refractivity contribution in [2.45, 2.75) is 36.1 Å². The Morgan fingerprint density at radius 3 is 2.57 bits per heavy atom. The molecule has 1 saturated heterocycles. The maximum atomic E-state index is 13.8. The average molecular weight is 430 g/mol. The number of nitrogens with zero attached hydrogens (tertiary/aromatic N) is 1. The third-order valence-electron chi connectivity index (χ3n) is 4.63. The highest BCUT2D eigenvalue weighted by atomic mass is 32.2.